The van der Waals surface area contributed by atoms with Gasteiger partial charge in [-0.15, -0.1) is 0 Å². The molecule has 2 N–H and O–H groups in total. The summed E-state index contributed by atoms with van der Waals surface area (Å²) in [7, 11) is 1.76. The number of anilines is 2. The number of hydrazine groups is 1. The Labute approximate surface area is 142 Å². The van der Waals surface area contributed by atoms with Crippen molar-refractivity contribution in [2.45, 2.75) is 31.8 Å². The van der Waals surface area contributed by atoms with Crippen molar-refractivity contribution < 1.29 is 4.74 Å². The summed E-state index contributed by atoms with van der Waals surface area (Å²) in [5, 5.41) is 16.3. The van der Waals surface area contributed by atoms with Gasteiger partial charge >= 0.3 is 0 Å². The zero-order valence-corrected chi connectivity index (χ0v) is 14.0. The second-order valence-corrected chi connectivity index (χ2v) is 6.72. The molecule has 0 radical (unpaired) electrons. The SMILES string of the molecule is COC1CN(CCCN=C2Nc3cc4c(cc3N([O-])N2)CCC4)C1. The van der Waals surface area contributed by atoms with Gasteiger partial charge in [-0.1, -0.05) is 0 Å². The van der Waals surface area contributed by atoms with Crippen LogP contribution in [0.4, 0.5) is 11.4 Å². The molecule has 4 rings (SSSR count). The number of methoxy groups -OCH3 is 1. The molecular formula is C17H24N5O2-. The van der Waals surface area contributed by atoms with Crippen molar-refractivity contribution in [3.8, 4) is 0 Å². The fraction of sp³-hybridized carbons (Fsp3) is 0.588. The standard InChI is InChI=1S/C17H24N5O2/c1-24-14-10-21(11-14)7-3-6-18-17-19-15-8-12-4-2-5-13(12)9-16(15)22(23)20-17/h8-9,14H,2-7,10-11H2,1H3,(H2,18,19,20)/q-1. The summed E-state index contributed by atoms with van der Waals surface area (Å²) in [6.45, 7) is 3.73. The maximum Gasteiger partial charge on any atom is 0.214 e. The minimum absolute atomic E-state index is 0.394. The molecule has 3 aliphatic rings. The fourth-order valence-corrected chi connectivity index (χ4v) is 3.61. The molecule has 0 atom stereocenters. The normalized spacial score (nSPS) is 21.9. The summed E-state index contributed by atoms with van der Waals surface area (Å²) in [4.78, 5) is 6.85. The van der Waals surface area contributed by atoms with Crippen LogP contribution in [0.25, 0.3) is 0 Å². The molecule has 7 nitrogen and oxygen atoms in total. The predicted octanol–water partition coefficient (Wildman–Crippen LogP) is 1.49. The van der Waals surface area contributed by atoms with Crippen LogP contribution in [-0.2, 0) is 17.6 Å². The van der Waals surface area contributed by atoms with Crippen molar-refractivity contribution in [1.82, 2.24) is 10.3 Å². The third-order valence-corrected chi connectivity index (χ3v) is 5.05. The van der Waals surface area contributed by atoms with Crippen molar-refractivity contribution in [1.29, 1.82) is 0 Å². The molecule has 1 fully saturated rings. The van der Waals surface area contributed by atoms with Crippen molar-refractivity contribution >= 4 is 17.3 Å². The summed E-state index contributed by atoms with van der Waals surface area (Å²) in [6, 6.07) is 4.10. The highest BCUT2D eigenvalue weighted by atomic mass is 16.5. The van der Waals surface area contributed by atoms with E-state index in [0.717, 1.165) is 49.8 Å². The predicted molar refractivity (Wildman–Crippen MR) is 95.2 cm³/mol. The lowest BCUT2D eigenvalue weighted by molar-refractivity contribution is -0.0291. The van der Waals surface area contributed by atoms with E-state index in [-0.39, 0.29) is 0 Å². The van der Waals surface area contributed by atoms with E-state index in [2.05, 4.69) is 26.7 Å². The lowest BCUT2D eigenvalue weighted by Crippen LogP contribution is -2.52. The van der Waals surface area contributed by atoms with Gasteiger partial charge in [0.25, 0.3) is 0 Å². The Kier molecular flexibility index (Phi) is 4.30. The number of aryl methyl sites for hydroxylation is 2. The van der Waals surface area contributed by atoms with Gasteiger partial charge in [-0.25, -0.2) is 0 Å². The third kappa shape index (κ3) is 3.07. The highest BCUT2D eigenvalue weighted by molar-refractivity contribution is 6.01. The van der Waals surface area contributed by atoms with Gasteiger partial charge in [0.15, 0.2) is 0 Å². The number of hydrogen-bond donors (Lipinski definition) is 2. The van der Waals surface area contributed by atoms with Crippen LogP contribution in [0.2, 0.25) is 0 Å². The molecule has 1 saturated heterocycles. The van der Waals surface area contributed by atoms with Crippen LogP contribution in [-0.4, -0.2) is 50.3 Å². The van der Waals surface area contributed by atoms with E-state index in [1.165, 1.54) is 17.5 Å². The first-order chi connectivity index (χ1) is 11.7. The van der Waals surface area contributed by atoms with Gasteiger partial charge in [-0.3, -0.25) is 15.3 Å². The Balaban J connectivity index is 1.33. The maximum absolute atomic E-state index is 12.2. The number of benzene rings is 1. The molecule has 1 aromatic carbocycles. The van der Waals surface area contributed by atoms with Crippen LogP contribution in [0, 0.1) is 5.21 Å². The molecule has 0 spiro atoms. The van der Waals surface area contributed by atoms with Crippen molar-refractivity contribution in [3.05, 3.63) is 28.5 Å². The Morgan fingerprint density at radius 3 is 2.88 bits per heavy atom. The first-order valence-corrected chi connectivity index (χ1v) is 8.69. The van der Waals surface area contributed by atoms with Gasteiger partial charge in [0, 0.05) is 33.3 Å². The number of likely N-dealkylation sites (tertiary alicyclic amines) is 1. The minimum Gasteiger partial charge on any atom is -0.739 e. The van der Waals surface area contributed by atoms with Crippen molar-refractivity contribution in [2.24, 2.45) is 4.99 Å². The van der Waals surface area contributed by atoms with Crippen LogP contribution >= 0.6 is 0 Å². The molecule has 1 aliphatic carbocycles. The Bertz CT molecular complexity index is 642. The molecule has 0 aromatic heterocycles. The Morgan fingerprint density at radius 2 is 2.08 bits per heavy atom. The van der Waals surface area contributed by atoms with E-state index in [1.54, 1.807) is 7.11 Å². The summed E-state index contributed by atoms with van der Waals surface area (Å²) in [6.07, 6.45) is 4.70. The average Bonchev–Trinajstić information content (AvgIpc) is 2.98. The van der Waals surface area contributed by atoms with Crippen LogP contribution < -0.4 is 15.9 Å². The summed E-state index contributed by atoms with van der Waals surface area (Å²) < 4.78 is 5.27. The zero-order chi connectivity index (χ0) is 16.5. The van der Waals surface area contributed by atoms with Crippen LogP contribution in [0.1, 0.15) is 24.0 Å². The van der Waals surface area contributed by atoms with Gasteiger partial charge in [0.1, 0.15) is 0 Å². The van der Waals surface area contributed by atoms with Crippen LogP contribution in [0.5, 0.6) is 0 Å². The molecule has 0 bridgehead atoms. The topological polar surface area (TPSA) is 75.2 Å². The molecule has 130 valence electrons. The van der Waals surface area contributed by atoms with E-state index < -0.39 is 0 Å². The highest BCUT2D eigenvalue weighted by Gasteiger charge is 2.25. The lowest BCUT2D eigenvalue weighted by atomic mass is 10.1. The van der Waals surface area contributed by atoms with Gasteiger partial charge in [-0.05, 0) is 48.9 Å². The molecular weight excluding hydrogens is 306 g/mol. The van der Waals surface area contributed by atoms with Gasteiger partial charge in [0.2, 0.25) is 5.96 Å². The highest BCUT2D eigenvalue weighted by Crippen LogP contribution is 2.34. The Hall–Kier alpha value is -1.83. The Morgan fingerprint density at radius 1 is 1.29 bits per heavy atom. The molecule has 2 aliphatic heterocycles. The number of guanidine groups is 1. The second kappa shape index (κ2) is 6.58. The van der Waals surface area contributed by atoms with Gasteiger partial charge in [0.05, 0.1) is 17.5 Å². The van der Waals surface area contributed by atoms with E-state index in [0.29, 0.717) is 24.3 Å². The molecule has 24 heavy (non-hydrogen) atoms. The van der Waals surface area contributed by atoms with Crippen LogP contribution in [0.15, 0.2) is 17.1 Å². The second-order valence-electron chi connectivity index (χ2n) is 6.72. The monoisotopic (exact) mass is 330 g/mol. The summed E-state index contributed by atoms with van der Waals surface area (Å²) in [5.41, 5.74) is 6.93. The first kappa shape index (κ1) is 15.7. The number of hydrogen-bond acceptors (Lipinski definition) is 5. The average molecular weight is 330 g/mol. The van der Waals surface area contributed by atoms with Gasteiger partial charge < -0.3 is 20.4 Å². The number of fused-ring (bicyclic) bond motifs is 2. The number of nitrogens with zero attached hydrogens (tertiary/aromatic N) is 3. The minimum atomic E-state index is 0.394. The lowest BCUT2D eigenvalue weighted by Gasteiger charge is -2.39. The number of ether oxygens (including phenoxy) is 1. The third-order valence-electron chi connectivity index (χ3n) is 5.05. The smallest absolute Gasteiger partial charge is 0.214 e. The molecule has 0 amide bonds. The van der Waals surface area contributed by atoms with E-state index in [4.69, 9.17) is 4.74 Å². The van der Waals surface area contributed by atoms with E-state index in [9.17, 15) is 5.21 Å². The van der Waals surface area contributed by atoms with E-state index >= 15 is 0 Å². The molecule has 2 heterocycles. The van der Waals surface area contributed by atoms with E-state index in [1.807, 2.05) is 6.07 Å². The number of rotatable bonds is 5. The molecule has 0 saturated carbocycles. The van der Waals surface area contributed by atoms with Gasteiger partial charge in [-0.2, -0.15) is 0 Å². The summed E-state index contributed by atoms with van der Waals surface area (Å²) >= 11 is 0. The maximum atomic E-state index is 12.2. The number of aliphatic imine (C=N–C) groups is 1. The zero-order valence-electron chi connectivity index (χ0n) is 14.0. The quantitative estimate of drug-likeness (QED) is 0.797. The first-order valence-electron chi connectivity index (χ1n) is 8.69. The fourth-order valence-electron chi connectivity index (χ4n) is 3.61. The van der Waals surface area contributed by atoms with Crippen molar-refractivity contribution in [2.75, 3.05) is 43.8 Å². The number of nitrogens with one attached hydrogen (secondary N) is 2. The summed E-state index contributed by atoms with van der Waals surface area (Å²) in [5.74, 6) is 0.536. The van der Waals surface area contributed by atoms with Crippen LogP contribution in [0.3, 0.4) is 0 Å². The molecule has 0 unspecified atom stereocenters. The van der Waals surface area contributed by atoms with Crippen molar-refractivity contribution in [3.63, 3.8) is 0 Å². The largest absolute Gasteiger partial charge is 0.739 e. The molecule has 1 aromatic rings. The molecule has 7 heteroatoms.